The van der Waals surface area contributed by atoms with Gasteiger partial charge in [-0.15, -0.1) is 0 Å². The van der Waals surface area contributed by atoms with Crippen LogP contribution in [0.2, 0.25) is 0 Å². The Bertz CT molecular complexity index is 611. The predicted molar refractivity (Wildman–Crippen MR) is 111 cm³/mol. The minimum Gasteiger partial charge on any atom is -0.444 e. The first kappa shape index (κ1) is 23.3. The van der Waals surface area contributed by atoms with E-state index in [-0.39, 0.29) is 17.3 Å². The molecule has 0 aromatic heterocycles. The van der Waals surface area contributed by atoms with Crippen LogP contribution in [-0.2, 0) is 4.74 Å². The number of likely N-dealkylation sites (tertiary alicyclic amines) is 1. The van der Waals surface area contributed by atoms with Gasteiger partial charge in [-0.05, 0) is 45.4 Å². The molecule has 154 valence electrons. The third-order valence-electron chi connectivity index (χ3n) is 4.20. The zero-order chi connectivity index (χ0) is 20.8. The molecule has 1 aromatic rings. The SMILES string of the molecule is CC.CCC.Cc1ccc(N2CC3(CN(C(=O)OC(C)(C)C)C3)C2)c(F)c1. The lowest BCUT2D eigenvalue weighted by Crippen LogP contribution is -2.73. The topological polar surface area (TPSA) is 32.8 Å². The maximum absolute atomic E-state index is 14.0. The van der Waals surface area contributed by atoms with E-state index in [0.29, 0.717) is 18.8 Å². The lowest BCUT2D eigenvalue weighted by molar-refractivity contribution is -0.0454. The van der Waals surface area contributed by atoms with Crippen LogP contribution in [0.4, 0.5) is 14.9 Å². The summed E-state index contributed by atoms with van der Waals surface area (Å²) < 4.78 is 19.3. The second kappa shape index (κ2) is 9.43. The van der Waals surface area contributed by atoms with Crippen LogP contribution < -0.4 is 4.90 Å². The van der Waals surface area contributed by atoms with E-state index in [9.17, 15) is 9.18 Å². The molecule has 0 atom stereocenters. The first-order valence-corrected chi connectivity index (χ1v) is 10.1. The Labute approximate surface area is 164 Å². The Kier molecular flexibility index (Phi) is 8.12. The standard InChI is InChI=1S/C17H23FN2O2.C3H8.C2H6/c1-12-5-6-14(13(18)7-12)19-8-17(9-19)10-20(11-17)15(21)22-16(2,3)4;1-3-2;1-2/h5-7H,8-11H2,1-4H3;3H2,1-2H3;1-2H3. The summed E-state index contributed by atoms with van der Waals surface area (Å²) in [5.41, 5.74) is 1.24. The second-order valence-corrected chi connectivity index (χ2v) is 8.35. The van der Waals surface area contributed by atoms with Crippen LogP contribution in [0.25, 0.3) is 0 Å². The molecule has 0 N–H and O–H groups in total. The molecule has 1 spiro atoms. The summed E-state index contributed by atoms with van der Waals surface area (Å²) in [6.45, 7) is 18.7. The van der Waals surface area contributed by atoms with Crippen molar-refractivity contribution in [1.82, 2.24) is 4.90 Å². The maximum Gasteiger partial charge on any atom is 0.410 e. The van der Waals surface area contributed by atoms with Crippen molar-refractivity contribution in [2.75, 3.05) is 31.1 Å². The number of nitrogens with zero attached hydrogens (tertiary/aromatic N) is 2. The lowest BCUT2D eigenvalue weighted by Gasteiger charge is -2.60. The Balaban J connectivity index is 0.000000665. The number of rotatable bonds is 1. The summed E-state index contributed by atoms with van der Waals surface area (Å²) in [4.78, 5) is 15.7. The van der Waals surface area contributed by atoms with Crippen molar-refractivity contribution in [1.29, 1.82) is 0 Å². The number of hydrogen-bond donors (Lipinski definition) is 0. The highest BCUT2D eigenvalue weighted by Crippen LogP contribution is 2.43. The summed E-state index contributed by atoms with van der Waals surface area (Å²) in [5, 5.41) is 0. The third kappa shape index (κ3) is 6.12. The van der Waals surface area contributed by atoms with Crippen LogP contribution in [0.15, 0.2) is 18.2 Å². The van der Waals surface area contributed by atoms with Gasteiger partial charge in [0.05, 0.1) is 5.69 Å². The molecule has 2 aliphatic rings. The van der Waals surface area contributed by atoms with E-state index in [1.807, 2.05) is 58.6 Å². The van der Waals surface area contributed by atoms with Gasteiger partial charge in [-0.1, -0.05) is 40.2 Å². The van der Waals surface area contributed by atoms with Crippen molar-refractivity contribution >= 4 is 11.8 Å². The van der Waals surface area contributed by atoms with E-state index in [1.54, 1.807) is 11.0 Å². The number of ether oxygens (including phenoxy) is 1. The number of carbonyl (C=O) groups excluding carboxylic acids is 1. The van der Waals surface area contributed by atoms with Gasteiger partial charge in [-0.2, -0.15) is 0 Å². The van der Waals surface area contributed by atoms with Crippen LogP contribution in [0.1, 0.15) is 60.5 Å². The third-order valence-corrected chi connectivity index (χ3v) is 4.20. The average Bonchev–Trinajstić information content (AvgIpc) is 2.47. The van der Waals surface area contributed by atoms with Gasteiger partial charge in [0, 0.05) is 31.6 Å². The maximum atomic E-state index is 14.0. The van der Waals surface area contributed by atoms with Gasteiger partial charge in [-0.25, -0.2) is 9.18 Å². The number of hydrogen-bond acceptors (Lipinski definition) is 3. The molecule has 1 aromatic carbocycles. The molecule has 2 heterocycles. The van der Waals surface area contributed by atoms with E-state index < -0.39 is 5.60 Å². The van der Waals surface area contributed by atoms with Crippen molar-refractivity contribution < 1.29 is 13.9 Å². The Morgan fingerprint density at radius 2 is 1.67 bits per heavy atom. The zero-order valence-corrected chi connectivity index (χ0v) is 18.4. The molecule has 0 radical (unpaired) electrons. The van der Waals surface area contributed by atoms with Crippen LogP contribution in [-0.4, -0.2) is 42.8 Å². The fourth-order valence-corrected chi connectivity index (χ4v) is 3.22. The van der Waals surface area contributed by atoms with Gasteiger partial charge in [0.15, 0.2) is 0 Å². The molecule has 5 heteroatoms. The molecule has 0 bridgehead atoms. The molecule has 3 rings (SSSR count). The van der Waals surface area contributed by atoms with Gasteiger partial charge in [0.1, 0.15) is 11.4 Å². The lowest BCUT2D eigenvalue weighted by atomic mass is 9.73. The van der Waals surface area contributed by atoms with Crippen molar-refractivity contribution in [3.8, 4) is 0 Å². The first-order valence-electron chi connectivity index (χ1n) is 10.1. The molecule has 0 saturated carbocycles. The molecule has 0 unspecified atom stereocenters. The molecule has 27 heavy (non-hydrogen) atoms. The number of anilines is 1. The largest absolute Gasteiger partial charge is 0.444 e. The van der Waals surface area contributed by atoms with Crippen LogP contribution in [0.5, 0.6) is 0 Å². The highest BCUT2D eigenvalue weighted by atomic mass is 19.1. The Morgan fingerprint density at radius 3 is 2.11 bits per heavy atom. The molecule has 2 aliphatic heterocycles. The molecule has 1 amide bonds. The highest BCUT2D eigenvalue weighted by molar-refractivity contribution is 5.70. The highest BCUT2D eigenvalue weighted by Gasteiger charge is 2.54. The van der Waals surface area contributed by atoms with Crippen molar-refractivity contribution in [2.45, 2.75) is 67.4 Å². The molecule has 4 nitrogen and oxygen atoms in total. The van der Waals surface area contributed by atoms with Crippen molar-refractivity contribution in [3.63, 3.8) is 0 Å². The van der Waals surface area contributed by atoms with Crippen LogP contribution in [0, 0.1) is 18.2 Å². The van der Waals surface area contributed by atoms with Gasteiger partial charge in [0.2, 0.25) is 0 Å². The molecular formula is C22H37FN2O2. The Morgan fingerprint density at radius 1 is 1.15 bits per heavy atom. The minimum absolute atomic E-state index is 0.119. The van der Waals surface area contributed by atoms with Crippen molar-refractivity contribution in [3.05, 3.63) is 29.6 Å². The summed E-state index contributed by atoms with van der Waals surface area (Å²) in [6, 6.07) is 5.33. The normalized spacial score (nSPS) is 16.9. The molecule has 2 fully saturated rings. The fourth-order valence-electron chi connectivity index (χ4n) is 3.22. The molecular weight excluding hydrogens is 343 g/mol. The van der Waals surface area contributed by atoms with Gasteiger partial charge >= 0.3 is 6.09 Å². The van der Waals surface area contributed by atoms with Gasteiger partial charge < -0.3 is 14.5 Å². The number of halogens is 1. The Hall–Kier alpha value is -1.78. The summed E-state index contributed by atoms with van der Waals surface area (Å²) in [7, 11) is 0. The average molecular weight is 381 g/mol. The van der Waals surface area contributed by atoms with Crippen LogP contribution in [0.3, 0.4) is 0 Å². The summed E-state index contributed by atoms with van der Waals surface area (Å²) in [5.74, 6) is -0.168. The molecule has 0 aliphatic carbocycles. The zero-order valence-electron chi connectivity index (χ0n) is 18.4. The van der Waals surface area contributed by atoms with E-state index >= 15 is 0 Å². The fraction of sp³-hybridized carbons (Fsp3) is 0.682. The monoisotopic (exact) mass is 380 g/mol. The number of carbonyl (C=O) groups is 1. The van der Waals surface area contributed by atoms with E-state index in [4.69, 9.17) is 4.74 Å². The van der Waals surface area contributed by atoms with Gasteiger partial charge in [-0.3, -0.25) is 0 Å². The predicted octanol–water partition coefficient (Wildman–Crippen LogP) is 5.63. The minimum atomic E-state index is -0.462. The van der Waals surface area contributed by atoms with Crippen molar-refractivity contribution in [2.24, 2.45) is 5.41 Å². The molecule has 2 saturated heterocycles. The van der Waals surface area contributed by atoms with Gasteiger partial charge in [0.25, 0.3) is 0 Å². The van der Waals surface area contributed by atoms with E-state index in [1.165, 1.54) is 6.42 Å². The van der Waals surface area contributed by atoms with Crippen LogP contribution >= 0.6 is 0 Å². The number of aryl methyl sites for hydroxylation is 1. The number of amides is 1. The smallest absolute Gasteiger partial charge is 0.410 e. The second-order valence-electron chi connectivity index (χ2n) is 8.35. The summed E-state index contributed by atoms with van der Waals surface area (Å²) >= 11 is 0. The number of benzene rings is 1. The van der Waals surface area contributed by atoms with E-state index in [2.05, 4.69) is 13.8 Å². The van der Waals surface area contributed by atoms with E-state index in [0.717, 1.165) is 18.7 Å². The first-order chi connectivity index (χ1) is 12.6. The quantitative estimate of drug-likeness (QED) is 0.632. The summed E-state index contributed by atoms with van der Waals surface area (Å²) in [6.07, 6.45) is 0.998.